The van der Waals surface area contributed by atoms with Crippen molar-refractivity contribution in [1.82, 2.24) is 0 Å². The Morgan fingerprint density at radius 2 is 2.29 bits per heavy atom. The number of carbonyl (C=O) groups is 1. The van der Waals surface area contributed by atoms with Crippen molar-refractivity contribution in [2.24, 2.45) is 0 Å². The lowest BCUT2D eigenvalue weighted by Gasteiger charge is -2.09. The minimum Gasteiger partial charge on any atom is -0.550 e. The van der Waals surface area contributed by atoms with Crippen molar-refractivity contribution in [2.45, 2.75) is 25.8 Å². The molecule has 0 radical (unpaired) electrons. The molecule has 14 heavy (non-hydrogen) atoms. The van der Waals surface area contributed by atoms with E-state index in [0.29, 0.717) is 6.42 Å². The third kappa shape index (κ3) is 3.58. The average Bonchev–Trinajstić information content (AvgIpc) is 2.01. The second-order valence-corrected chi connectivity index (χ2v) is 3.64. The van der Waals surface area contributed by atoms with Gasteiger partial charge in [-0.05, 0) is 12.5 Å². The molecule has 0 unspecified atom stereocenters. The van der Waals surface area contributed by atoms with Gasteiger partial charge >= 0.3 is 0 Å². The summed E-state index contributed by atoms with van der Waals surface area (Å²) in [6, 6.07) is 7.91. The zero-order chi connectivity index (χ0) is 10.6. The fourth-order valence-electron chi connectivity index (χ4n) is 1.48. The maximum Gasteiger partial charge on any atom is 0.0937 e. The predicted octanol–water partition coefficient (Wildman–Crippen LogP) is -0.712. The smallest absolute Gasteiger partial charge is 0.0937 e. The summed E-state index contributed by atoms with van der Waals surface area (Å²) in [6.07, 6.45) is 0.712. The van der Waals surface area contributed by atoms with Crippen molar-refractivity contribution in [1.29, 1.82) is 0 Å². The molecule has 0 saturated carbocycles. The first kappa shape index (κ1) is 10.7. The molecule has 0 aliphatic carbocycles. The molecule has 0 aliphatic heterocycles. The quantitative estimate of drug-likeness (QED) is 0.686. The standard InChI is InChI=1S/C11H15NO2/c1-8-3-2-4-9(5-8)6-10(12)7-11(13)14/h2-5,10H,6-7,12H2,1H3,(H,13,14)/t10-/m1/s1. The van der Waals surface area contributed by atoms with Gasteiger partial charge in [-0.15, -0.1) is 0 Å². The van der Waals surface area contributed by atoms with Crippen LogP contribution in [0.2, 0.25) is 0 Å². The van der Waals surface area contributed by atoms with Crippen molar-refractivity contribution in [3.05, 3.63) is 35.4 Å². The largest absolute Gasteiger partial charge is 0.550 e. The van der Waals surface area contributed by atoms with Gasteiger partial charge in [0.2, 0.25) is 0 Å². The highest BCUT2D eigenvalue weighted by atomic mass is 16.4. The van der Waals surface area contributed by atoms with E-state index in [0.717, 1.165) is 5.56 Å². The van der Waals surface area contributed by atoms with Gasteiger partial charge in [0.15, 0.2) is 0 Å². The number of benzene rings is 1. The topological polar surface area (TPSA) is 67.8 Å². The van der Waals surface area contributed by atoms with Crippen LogP contribution in [-0.2, 0) is 11.2 Å². The van der Waals surface area contributed by atoms with E-state index in [4.69, 9.17) is 0 Å². The number of hydrogen-bond donors (Lipinski definition) is 1. The summed E-state index contributed by atoms with van der Waals surface area (Å²) in [4.78, 5) is 10.3. The van der Waals surface area contributed by atoms with Crippen LogP contribution in [0.1, 0.15) is 17.5 Å². The highest BCUT2D eigenvalue weighted by molar-refractivity contribution is 5.64. The van der Waals surface area contributed by atoms with Gasteiger partial charge in [0.05, 0.1) is 6.04 Å². The van der Waals surface area contributed by atoms with Gasteiger partial charge in [-0.25, -0.2) is 0 Å². The molecule has 0 saturated heterocycles. The number of quaternary nitrogens is 1. The van der Waals surface area contributed by atoms with Crippen LogP contribution >= 0.6 is 0 Å². The van der Waals surface area contributed by atoms with Crippen LogP contribution in [-0.4, -0.2) is 12.0 Å². The molecule has 0 bridgehead atoms. The predicted molar refractivity (Wildman–Crippen MR) is 51.2 cm³/mol. The Morgan fingerprint density at radius 1 is 1.57 bits per heavy atom. The molecule has 3 N–H and O–H groups in total. The molecule has 1 rings (SSSR count). The molecule has 76 valence electrons. The minimum atomic E-state index is -1.03. The maximum absolute atomic E-state index is 10.3. The van der Waals surface area contributed by atoms with Crippen LogP contribution in [0.5, 0.6) is 0 Å². The number of rotatable bonds is 4. The summed E-state index contributed by atoms with van der Waals surface area (Å²) in [5.74, 6) is -1.03. The van der Waals surface area contributed by atoms with Crippen LogP contribution in [0.3, 0.4) is 0 Å². The Hall–Kier alpha value is -1.35. The second-order valence-electron chi connectivity index (χ2n) is 3.64. The van der Waals surface area contributed by atoms with Gasteiger partial charge in [-0.1, -0.05) is 29.8 Å². The lowest BCUT2D eigenvalue weighted by Crippen LogP contribution is -2.63. The minimum absolute atomic E-state index is 0.0218. The highest BCUT2D eigenvalue weighted by Gasteiger charge is 2.07. The summed E-state index contributed by atoms with van der Waals surface area (Å²) < 4.78 is 0. The van der Waals surface area contributed by atoms with Gasteiger partial charge in [0.25, 0.3) is 0 Å². The summed E-state index contributed by atoms with van der Waals surface area (Å²) in [6.45, 7) is 2.01. The molecule has 3 nitrogen and oxygen atoms in total. The van der Waals surface area contributed by atoms with E-state index in [1.807, 2.05) is 31.2 Å². The first-order valence-corrected chi connectivity index (χ1v) is 4.66. The maximum atomic E-state index is 10.3. The molecule has 3 heteroatoms. The van der Waals surface area contributed by atoms with Crippen molar-refractivity contribution >= 4 is 5.97 Å². The van der Waals surface area contributed by atoms with Crippen LogP contribution in [0.4, 0.5) is 0 Å². The van der Waals surface area contributed by atoms with Gasteiger partial charge < -0.3 is 15.6 Å². The Morgan fingerprint density at radius 3 is 2.86 bits per heavy atom. The van der Waals surface area contributed by atoms with E-state index in [2.05, 4.69) is 5.73 Å². The summed E-state index contributed by atoms with van der Waals surface area (Å²) >= 11 is 0. The van der Waals surface area contributed by atoms with Crippen molar-refractivity contribution < 1.29 is 15.6 Å². The average molecular weight is 193 g/mol. The van der Waals surface area contributed by atoms with Crippen LogP contribution in [0.25, 0.3) is 0 Å². The van der Waals surface area contributed by atoms with E-state index < -0.39 is 5.97 Å². The van der Waals surface area contributed by atoms with Crippen LogP contribution in [0, 0.1) is 6.92 Å². The van der Waals surface area contributed by atoms with Gasteiger partial charge in [0, 0.05) is 18.8 Å². The van der Waals surface area contributed by atoms with Gasteiger partial charge in [0.1, 0.15) is 0 Å². The van der Waals surface area contributed by atoms with E-state index in [1.54, 1.807) is 0 Å². The zero-order valence-electron chi connectivity index (χ0n) is 8.32. The molecular weight excluding hydrogens is 178 g/mol. The highest BCUT2D eigenvalue weighted by Crippen LogP contribution is 2.06. The van der Waals surface area contributed by atoms with E-state index in [1.165, 1.54) is 5.56 Å². The Bertz CT molecular complexity index is 323. The molecule has 0 spiro atoms. The lowest BCUT2D eigenvalue weighted by molar-refractivity contribution is -0.423. The molecule has 1 aromatic carbocycles. The van der Waals surface area contributed by atoms with Crippen LogP contribution in [0.15, 0.2) is 24.3 Å². The number of aliphatic carboxylic acids is 1. The molecule has 0 amide bonds. The zero-order valence-corrected chi connectivity index (χ0v) is 8.32. The SMILES string of the molecule is Cc1cccc(C[C@@H]([NH3+])CC(=O)[O-])c1. The van der Waals surface area contributed by atoms with E-state index in [9.17, 15) is 9.90 Å². The molecule has 1 aromatic rings. The number of carboxylic acid groups (broad SMARTS) is 1. The van der Waals surface area contributed by atoms with Gasteiger partial charge in [-0.3, -0.25) is 0 Å². The van der Waals surface area contributed by atoms with Gasteiger partial charge in [-0.2, -0.15) is 0 Å². The first-order chi connectivity index (χ1) is 6.58. The van der Waals surface area contributed by atoms with E-state index in [-0.39, 0.29) is 12.5 Å². The Kier molecular flexibility index (Phi) is 3.65. The summed E-state index contributed by atoms with van der Waals surface area (Å²) in [5, 5.41) is 10.3. The van der Waals surface area contributed by atoms with Crippen molar-refractivity contribution in [3.63, 3.8) is 0 Å². The first-order valence-electron chi connectivity index (χ1n) is 4.66. The fraction of sp³-hybridized carbons (Fsp3) is 0.364. The second kappa shape index (κ2) is 4.77. The summed E-state index contributed by atoms with van der Waals surface area (Å²) in [7, 11) is 0. The molecule has 0 aliphatic rings. The molecule has 0 fully saturated rings. The van der Waals surface area contributed by atoms with Crippen molar-refractivity contribution in [3.8, 4) is 0 Å². The van der Waals surface area contributed by atoms with Crippen molar-refractivity contribution in [2.75, 3.05) is 0 Å². The lowest BCUT2D eigenvalue weighted by atomic mass is 10.0. The monoisotopic (exact) mass is 193 g/mol. The number of aryl methyl sites for hydroxylation is 1. The number of carboxylic acids is 1. The molecule has 1 atom stereocenters. The Balaban J connectivity index is 2.55. The summed E-state index contributed by atoms with van der Waals surface area (Å²) in [5.41, 5.74) is 6.10. The Labute approximate surface area is 83.6 Å². The fourth-order valence-corrected chi connectivity index (χ4v) is 1.48. The normalized spacial score (nSPS) is 12.4. The van der Waals surface area contributed by atoms with Crippen LogP contribution < -0.4 is 10.8 Å². The molecule has 0 aromatic heterocycles. The van der Waals surface area contributed by atoms with E-state index >= 15 is 0 Å². The molecular formula is C11H15NO2. The number of hydrogen-bond acceptors (Lipinski definition) is 2. The number of carbonyl (C=O) groups excluding carboxylic acids is 1. The third-order valence-electron chi connectivity index (χ3n) is 2.06. The molecule has 0 heterocycles. The third-order valence-corrected chi connectivity index (χ3v) is 2.06.